The highest BCUT2D eigenvalue weighted by molar-refractivity contribution is 5.96. The van der Waals surface area contributed by atoms with Crippen LogP contribution >= 0.6 is 0 Å². The Morgan fingerprint density at radius 3 is 2.51 bits per heavy atom. The highest BCUT2D eigenvalue weighted by Gasteiger charge is 2.30. The molecule has 0 aromatic heterocycles. The molecule has 1 atom stereocenters. The fraction of sp³-hybridized carbons (Fsp3) is 0.615. The molecule has 0 spiro atoms. The van der Waals surface area contributed by atoms with Gasteiger partial charge in [0.2, 0.25) is 5.96 Å². The summed E-state index contributed by atoms with van der Waals surface area (Å²) in [7, 11) is 0. The average Bonchev–Trinajstić information content (AvgIpc) is 2.83. The molecular weight excluding hydrogens is 446 g/mol. The first-order valence-electron chi connectivity index (χ1n) is 12.3. The Bertz CT molecular complexity index is 870. The van der Waals surface area contributed by atoms with E-state index in [9.17, 15) is 14.9 Å². The molecule has 1 aliphatic rings. The Balaban J connectivity index is 2.16. The van der Waals surface area contributed by atoms with Crippen LogP contribution in [-0.2, 0) is 20.7 Å². The predicted molar refractivity (Wildman–Crippen MR) is 135 cm³/mol. The van der Waals surface area contributed by atoms with E-state index < -0.39 is 12.1 Å². The Hall–Kier alpha value is -3.12. The Morgan fingerprint density at radius 2 is 1.91 bits per heavy atom. The number of nitrogens with one attached hydrogen (secondary N) is 1. The summed E-state index contributed by atoms with van der Waals surface area (Å²) >= 11 is 0. The molecular formula is C26H39N5O4. The molecule has 0 aliphatic carbocycles. The van der Waals surface area contributed by atoms with Gasteiger partial charge < -0.3 is 14.4 Å². The summed E-state index contributed by atoms with van der Waals surface area (Å²) in [5.41, 5.74) is 1.01. The van der Waals surface area contributed by atoms with Crippen molar-refractivity contribution in [3.8, 4) is 6.19 Å². The molecule has 1 saturated heterocycles. The van der Waals surface area contributed by atoms with Gasteiger partial charge in [0.1, 0.15) is 6.04 Å². The number of amides is 2. The number of hydrogen-bond acceptors (Lipinski definition) is 6. The van der Waals surface area contributed by atoms with Crippen molar-refractivity contribution < 1.29 is 19.1 Å². The quantitative estimate of drug-likeness (QED) is 0.188. The lowest BCUT2D eigenvalue weighted by Crippen LogP contribution is -2.50. The van der Waals surface area contributed by atoms with Gasteiger partial charge in [-0.3, -0.25) is 10.1 Å². The number of guanidine groups is 1. The molecule has 35 heavy (non-hydrogen) atoms. The maximum Gasteiger partial charge on any atom is 0.413 e. The number of nitriles is 1. The molecule has 9 nitrogen and oxygen atoms in total. The van der Waals surface area contributed by atoms with Crippen LogP contribution in [0.4, 0.5) is 4.79 Å². The number of carbonyl (C=O) groups excluding carboxylic acids is 2. The first-order chi connectivity index (χ1) is 16.7. The van der Waals surface area contributed by atoms with E-state index in [4.69, 9.17) is 9.47 Å². The van der Waals surface area contributed by atoms with Crippen molar-refractivity contribution >= 4 is 18.0 Å². The molecule has 0 saturated carbocycles. The van der Waals surface area contributed by atoms with Crippen molar-refractivity contribution in [2.75, 3.05) is 39.5 Å². The first kappa shape index (κ1) is 28.1. The Labute approximate surface area is 209 Å². The molecule has 1 aromatic rings. The van der Waals surface area contributed by atoms with Gasteiger partial charge >= 0.3 is 6.09 Å². The second kappa shape index (κ2) is 14.3. The molecule has 2 amide bonds. The maximum atomic E-state index is 13.5. The zero-order valence-corrected chi connectivity index (χ0v) is 21.5. The molecule has 1 aromatic carbocycles. The standard InChI is InChI=1S/C26H39N5O4/c1-5-35-25(33)29-24(30-15-17-34-18-16-30)28-22(19-26(2,3)4)23(32)31(20-27)14-10-9-13-21-11-7-6-8-12-21/h6-8,11-12,22H,5,9-10,13-19H2,1-4H3,(H,28,29,33). The predicted octanol–water partition coefficient (Wildman–Crippen LogP) is 3.56. The fourth-order valence-corrected chi connectivity index (χ4v) is 3.78. The molecule has 192 valence electrons. The Morgan fingerprint density at radius 1 is 1.23 bits per heavy atom. The number of morpholine rings is 1. The molecule has 0 radical (unpaired) electrons. The minimum absolute atomic E-state index is 0.220. The number of benzene rings is 1. The molecule has 1 unspecified atom stereocenters. The first-order valence-corrected chi connectivity index (χ1v) is 12.3. The summed E-state index contributed by atoms with van der Waals surface area (Å²) in [5.74, 6) is -0.0881. The third-order valence-electron chi connectivity index (χ3n) is 5.50. The van der Waals surface area contributed by atoms with E-state index in [-0.39, 0.29) is 23.9 Å². The van der Waals surface area contributed by atoms with Crippen LogP contribution in [0.3, 0.4) is 0 Å². The van der Waals surface area contributed by atoms with E-state index in [1.165, 1.54) is 10.5 Å². The summed E-state index contributed by atoms with van der Waals surface area (Å²) < 4.78 is 10.5. The molecule has 9 heteroatoms. The number of alkyl carbamates (subject to hydrolysis) is 1. The average molecular weight is 486 g/mol. The molecule has 1 heterocycles. The van der Waals surface area contributed by atoms with Gasteiger partial charge in [-0.05, 0) is 43.6 Å². The number of rotatable bonds is 9. The Kier molecular flexibility index (Phi) is 11.5. The SMILES string of the molecule is CCOC(=O)NC(=NC(CC(C)(C)C)C(=O)N(C#N)CCCCc1ccccc1)N1CCOCC1. The van der Waals surface area contributed by atoms with Gasteiger partial charge in [-0.15, -0.1) is 0 Å². The number of hydrogen-bond donors (Lipinski definition) is 1. The van der Waals surface area contributed by atoms with Crippen LogP contribution in [0, 0.1) is 16.9 Å². The smallest absolute Gasteiger partial charge is 0.413 e. The van der Waals surface area contributed by atoms with Crippen LogP contribution in [0.25, 0.3) is 0 Å². The van der Waals surface area contributed by atoms with E-state index in [0.717, 1.165) is 12.8 Å². The van der Waals surface area contributed by atoms with Crippen LogP contribution in [0.5, 0.6) is 0 Å². The monoisotopic (exact) mass is 485 g/mol. The topological polar surface area (TPSA) is 107 Å². The van der Waals surface area contributed by atoms with E-state index in [0.29, 0.717) is 45.7 Å². The highest BCUT2D eigenvalue weighted by atomic mass is 16.5. The van der Waals surface area contributed by atoms with Crippen molar-refractivity contribution in [3.05, 3.63) is 35.9 Å². The normalized spacial score (nSPS) is 15.2. The van der Waals surface area contributed by atoms with Crippen molar-refractivity contribution in [1.29, 1.82) is 5.26 Å². The van der Waals surface area contributed by atoms with Crippen LogP contribution in [0.2, 0.25) is 0 Å². The van der Waals surface area contributed by atoms with Gasteiger partial charge in [-0.25, -0.2) is 14.7 Å². The van der Waals surface area contributed by atoms with Gasteiger partial charge in [-0.1, -0.05) is 51.1 Å². The molecule has 1 N–H and O–H groups in total. The van der Waals surface area contributed by atoms with Gasteiger partial charge in [0.25, 0.3) is 5.91 Å². The van der Waals surface area contributed by atoms with Crippen molar-refractivity contribution in [1.82, 2.24) is 15.1 Å². The second-order valence-electron chi connectivity index (χ2n) is 9.71. The zero-order chi connectivity index (χ0) is 25.7. The summed E-state index contributed by atoms with van der Waals surface area (Å²) in [6, 6.07) is 9.33. The summed E-state index contributed by atoms with van der Waals surface area (Å²) in [4.78, 5) is 33.4. The minimum atomic E-state index is -0.816. The highest BCUT2D eigenvalue weighted by Crippen LogP contribution is 2.24. The summed E-state index contributed by atoms with van der Waals surface area (Å²) in [6.07, 6.45) is 4.31. The molecule has 1 aliphatic heterocycles. The zero-order valence-electron chi connectivity index (χ0n) is 21.5. The van der Waals surface area contributed by atoms with Gasteiger partial charge in [0.15, 0.2) is 6.19 Å². The largest absolute Gasteiger partial charge is 0.450 e. The van der Waals surface area contributed by atoms with E-state index in [2.05, 4.69) is 22.4 Å². The van der Waals surface area contributed by atoms with Crippen LogP contribution in [-0.4, -0.2) is 73.3 Å². The van der Waals surface area contributed by atoms with Crippen LogP contribution < -0.4 is 5.32 Å². The lowest BCUT2D eigenvalue weighted by molar-refractivity contribution is -0.130. The van der Waals surface area contributed by atoms with Gasteiger partial charge in [0, 0.05) is 19.6 Å². The third kappa shape index (κ3) is 10.4. The lowest BCUT2D eigenvalue weighted by Gasteiger charge is -2.31. The maximum absolute atomic E-state index is 13.5. The summed E-state index contributed by atoms with van der Waals surface area (Å²) in [5, 5.41) is 12.4. The van der Waals surface area contributed by atoms with E-state index in [1.807, 2.05) is 50.1 Å². The minimum Gasteiger partial charge on any atom is -0.450 e. The van der Waals surface area contributed by atoms with E-state index >= 15 is 0 Å². The van der Waals surface area contributed by atoms with Gasteiger partial charge in [-0.2, -0.15) is 5.26 Å². The lowest BCUT2D eigenvalue weighted by atomic mass is 9.88. The van der Waals surface area contributed by atoms with Crippen molar-refractivity contribution in [2.45, 2.75) is 59.4 Å². The number of aliphatic imine (C=N–C) groups is 1. The van der Waals surface area contributed by atoms with Crippen LogP contribution in [0.15, 0.2) is 35.3 Å². The van der Waals surface area contributed by atoms with Gasteiger partial charge in [0.05, 0.1) is 19.8 Å². The number of unbranched alkanes of at least 4 members (excludes halogenated alkanes) is 1. The van der Waals surface area contributed by atoms with Crippen molar-refractivity contribution in [2.24, 2.45) is 10.4 Å². The van der Waals surface area contributed by atoms with Crippen molar-refractivity contribution in [3.63, 3.8) is 0 Å². The number of carbonyl (C=O) groups is 2. The molecule has 2 rings (SSSR count). The second-order valence-corrected chi connectivity index (χ2v) is 9.71. The summed E-state index contributed by atoms with van der Waals surface area (Å²) in [6.45, 7) is 10.4. The van der Waals surface area contributed by atoms with E-state index in [1.54, 1.807) is 6.92 Å². The molecule has 0 bridgehead atoms. The fourth-order valence-electron chi connectivity index (χ4n) is 3.78. The molecule has 1 fully saturated rings. The number of nitrogens with zero attached hydrogens (tertiary/aromatic N) is 4. The third-order valence-corrected chi connectivity index (χ3v) is 5.50. The number of ether oxygens (including phenoxy) is 2. The number of aryl methyl sites for hydroxylation is 1. The van der Waals surface area contributed by atoms with Crippen LogP contribution in [0.1, 0.15) is 52.5 Å².